The predicted octanol–water partition coefficient (Wildman–Crippen LogP) is -1.57. The highest BCUT2D eigenvalue weighted by Crippen LogP contribution is 2.15. The maximum Gasteiger partial charge on any atom is 0.205 e. The molecule has 2 aromatic heterocycles. The number of nitrogens with zero attached hydrogens (tertiary/aromatic N) is 4. The van der Waals surface area contributed by atoms with Gasteiger partial charge < -0.3 is 29.4 Å². The molecule has 0 saturated carbocycles. The van der Waals surface area contributed by atoms with Crippen molar-refractivity contribution < 1.29 is 14.9 Å². The number of H-pyrrole nitrogens is 1. The Hall–Kier alpha value is -1.97. The Kier molecular flexibility index (Phi) is 3.86. The number of hydrogen-bond donors (Lipinski definition) is 4. The molecule has 9 heteroatoms. The van der Waals surface area contributed by atoms with E-state index in [9.17, 15) is 5.11 Å². The van der Waals surface area contributed by atoms with Gasteiger partial charge in [-0.1, -0.05) is 0 Å². The van der Waals surface area contributed by atoms with Gasteiger partial charge in [-0.15, -0.1) is 0 Å². The van der Waals surface area contributed by atoms with Crippen LogP contribution in [0.15, 0.2) is 6.33 Å². The smallest absolute Gasteiger partial charge is 0.205 e. The van der Waals surface area contributed by atoms with Crippen molar-refractivity contribution in [2.45, 2.75) is 12.6 Å². The van der Waals surface area contributed by atoms with Gasteiger partial charge in [-0.3, -0.25) is 5.41 Å². The van der Waals surface area contributed by atoms with Gasteiger partial charge in [0.2, 0.25) is 5.95 Å². The number of imidazole rings is 1. The molecule has 1 aliphatic rings. The molecule has 0 spiro atoms. The van der Waals surface area contributed by atoms with E-state index in [2.05, 4.69) is 19.9 Å². The lowest BCUT2D eigenvalue weighted by Gasteiger charge is -2.25. The molecule has 4 N–H and O–H groups in total. The molecular weight excluding hydrogens is 276 g/mol. The summed E-state index contributed by atoms with van der Waals surface area (Å²) in [5.74, 6) is 0.669. The van der Waals surface area contributed by atoms with Crippen molar-refractivity contribution in [3.8, 4) is 0 Å². The first-order chi connectivity index (χ1) is 10.2. The number of anilines is 1. The van der Waals surface area contributed by atoms with E-state index < -0.39 is 6.10 Å². The number of aliphatic hydroxyl groups is 2. The monoisotopic (exact) mass is 294 g/mol. The fraction of sp³-hybridized carbons (Fsp3) is 0.583. The summed E-state index contributed by atoms with van der Waals surface area (Å²) in [7, 11) is 0. The largest absolute Gasteiger partial charge is 0.394 e. The molecular formula is C12H18N6O3. The molecule has 0 aromatic carbocycles. The number of hydrogen-bond acceptors (Lipinski definition) is 7. The van der Waals surface area contributed by atoms with E-state index in [0.29, 0.717) is 30.3 Å². The molecule has 0 amide bonds. The maximum absolute atomic E-state index is 9.59. The van der Waals surface area contributed by atoms with Crippen LogP contribution in [0.4, 0.5) is 5.95 Å². The zero-order chi connectivity index (χ0) is 14.8. The van der Waals surface area contributed by atoms with Crippen LogP contribution in [0.3, 0.4) is 0 Å². The zero-order valence-corrected chi connectivity index (χ0v) is 11.5. The van der Waals surface area contributed by atoms with E-state index in [1.165, 1.54) is 6.33 Å². The summed E-state index contributed by atoms with van der Waals surface area (Å²) in [5, 5.41) is 26.4. The van der Waals surface area contributed by atoms with Crippen molar-refractivity contribution in [3.63, 3.8) is 0 Å². The zero-order valence-electron chi connectivity index (χ0n) is 11.5. The molecule has 2 aromatic rings. The highest BCUT2D eigenvalue weighted by molar-refractivity contribution is 5.72. The Balaban J connectivity index is 2.00. The van der Waals surface area contributed by atoms with Gasteiger partial charge in [-0.2, -0.15) is 4.98 Å². The predicted molar refractivity (Wildman–Crippen MR) is 73.9 cm³/mol. The quantitative estimate of drug-likeness (QED) is 0.540. The fourth-order valence-electron chi connectivity index (χ4n) is 2.31. The number of aromatic nitrogens is 4. The molecule has 114 valence electrons. The van der Waals surface area contributed by atoms with E-state index in [4.69, 9.17) is 15.3 Å². The van der Waals surface area contributed by atoms with Crippen LogP contribution in [0.2, 0.25) is 0 Å². The van der Waals surface area contributed by atoms with Crippen molar-refractivity contribution in [1.29, 1.82) is 5.41 Å². The van der Waals surface area contributed by atoms with Gasteiger partial charge in [0.1, 0.15) is 5.52 Å². The molecule has 0 bridgehead atoms. The van der Waals surface area contributed by atoms with Crippen molar-refractivity contribution in [1.82, 2.24) is 19.5 Å². The topological polar surface area (TPSA) is 123 Å². The third kappa shape index (κ3) is 2.75. The fourth-order valence-corrected chi connectivity index (χ4v) is 2.31. The number of morpholine rings is 1. The summed E-state index contributed by atoms with van der Waals surface area (Å²) in [6.07, 6.45) is 0.563. The second-order valence-electron chi connectivity index (χ2n) is 4.94. The summed E-state index contributed by atoms with van der Waals surface area (Å²) in [6.45, 7) is 2.60. The summed E-state index contributed by atoms with van der Waals surface area (Å²) >= 11 is 0. The highest BCUT2D eigenvalue weighted by Gasteiger charge is 2.17. The molecule has 3 heterocycles. The first-order valence-corrected chi connectivity index (χ1v) is 6.80. The number of aliphatic hydroxyl groups excluding tert-OH is 2. The van der Waals surface area contributed by atoms with Gasteiger partial charge >= 0.3 is 0 Å². The van der Waals surface area contributed by atoms with Crippen LogP contribution in [0.5, 0.6) is 0 Å². The molecule has 1 aliphatic heterocycles. The second-order valence-corrected chi connectivity index (χ2v) is 4.94. The lowest BCUT2D eigenvalue weighted by molar-refractivity contribution is 0.0817. The lowest BCUT2D eigenvalue weighted by atomic mass is 10.3. The Morgan fingerprint density at radius 1 is 1.43 bits per heavy atom. The highest BCUT2D eigenvalue weighted by atomic mass is 16.5. The van der Waals surface area contributed by atoms with E-state index in [1.54, 1.807) is 4.57 Å². The van der Waals surface area contributed by atoms with Crippen LogP contribution in [-0.4, -0.2) is 68.7 Å². The number of fused-ring (bicyclic) bond motifs is 1. The van der Waals surface area contributed by atoms with Crippen molar-refractivity contribution in [2.24, 2.45) is 0 Å². The van der Waals surface area contributed by atoms with Crippen LogP contribution in [0.25, 0.3) is 11.2 Å². The van der Waals surface area contributed by atoms with Crippen molar-refractivity contribution in [2.75, 3.05) is 37.8 Å². The maximum atomic E-state index is 9.59. The molecule has 21 heavy (non-hydrogen) atoms. The van der Waals surface area contributed by atoms with Crippen LogP contribution in [0.1, 0.15) is 0 Å². The van der Waals surface area contributed by atoms with E-state index in [1.807, 2.05) is 0 Å². The first kappa shape index (κ1) is 14.0. The van der Waals surface area contributed by atoms with E-state index >= 15 is 0 Å². The van der Waals surface area contributed by atoms with Gasteiger partial charge in [-0.05, 0) is 0 Å². The van der Waals surface area contributed by atoms with Crippen LogP contribution in [0, 0.1) is 5.41 Å². The molecule has 1 saturated heterocycles. The van der Waals surface area contributed by atoms with Gasteiger partial charge in [0.05, 0.1) is 38.8 Å². The summed E-state index contributed by atoms with van der Waals surface area (Å²) in [4.78, 5) is 13.6. The Morgan fingerprint density at radius 3 is 2.90 bits per heavy atom. The molecule has 1 atom stereocenters. The minimum atomic E-state index is -0.889. The SMILES string of the molecule is N=c1ncn(C[C@@H](O)CO)c2nc(N3CCOCC3)[nH]c12. The van der Waals surface area contributed by atoms with Gasteiger partial charge in [0.25, 0.3) is 0 Å². The average Bonchev–Trinajstić information content (AvgIpc) is 2.97. The van der Waals surface area contributed by atoms with E-state index in [-0.39, 0.29) is 18.6 Å². The average molecular weight is 294 g/mol. The standard InChI is InChI=1S/C12H18N6O3/c13-10-9-11(18(7-14-10)5-8(20)6-19)16-12(15-9)17-1-3-21-4-2-17/h7-8,13,19-20H,1-6H2,(H,15,16)/t8-/m1/s1. The molecule has 9 nitrogen and oxygen atoms in total. The van der Waals surface area contributed by atoms with Crippen LogP contribution >= 0.6 is 0 Å². The normalized spacial score (nSPS) is 17.3. The van der Waals surface area contributed by atoms with E-state index in [0.717, 1.165) is 13.1 Å². The van der Waals surface area contributed by atoms with Crippen molar-refractivity contribution in [3.05, 3.63) is 11.8 Å². The summed E-state index contributed by atoms with van der Waals surface area (Å²) in [6, 6.07) is 0. The number of ether oxygens (including phenoxy) is 1. The minimum Gasteiger partial charge on any atom is -0.394 e. The third-order valence-corrected chi connectivity index (χ3v) is 3.44. The van der Waals surface area contributed by atoms with Crippen molar-refractivity contribution >= 4 is 17.1 Å². The molecule has 0 radical (unpaired) electrons. The lowest BCUT2D eigenvalue weighted by Crippen LogP contribution is -2.36. The Morgan fingerprint density at radius 2 is 2.19 bits per heavy atom. The molecule has 1 fully saturated rings. The summed E-state index contributed by atoms with van der Waals surface area (Å²) < 4.78 is 6.94. The number of aromatic amines is 1. The van der Waals surface area contributed by atoms with Gasteiger partial charge in [0.15, 0.2) is 11.1 Å². The molecule has 0 aliphatic carbocycles. The molecule has 3 rings (SSSR count). The van der Waals surface area contributed by atoms with Crippen LogP contribution < -0.4 is 10.4 Å². The van der Waals surface area contributed by atoms with Gasteiger partial charge in [0, 0.05) is 13.1 Å². The number of nitrogens with one attached hydrogen (secondary N) is 2. The van der Waals surface area contributed by atoms with Crippen LogP contribution in [-0.2, 0) is 11.3 Å². The number of rotatable bonds is 4. The Labute approximate surface area is 120 Å². The minimum absolute atomic E-state index is 0.103. The first-order valence-electron chi connectivity index (χ1n) is 6.80. The summed E-state index contributed by atoms with van der Waals surface area (Å²) in [5.41, 5.74) is 1.17. The molecule has 0 unspecified atom stereocenters. The third-order valence-electron chi connectivity index (χ3n) is 3.44. The Bertz CT molecular complexity index is 675. The van der Waals surface area contributed by atoms with Gasteiger partial charge in [-0.25, -0.2) is 4.98 Å². The second kappa shape index (κ2) is 5.80.